The Kier molecular flexibility index (Phi) is 36.8. The van der Waals surface area contributed by atoms with Crippen LogP contribution in [0.25, 0.3) is 0 Å². The third-order valence-electron chi connectivity index (χ3n) is 9.58. The molecule has 0 saturated heterocycles. The molecule has 0 aliphatic heterocycles. The molecule has 1 atom stereocenters. The van der Waals surface area contributed by atoms with Crippen molar-refractivity contribution >= 4 is 29.3 Å². The minimum Gasteiger partial charge on any atom is -0.462 e. The second-order valence-corrected chi connectivity index (χ2v) is 15.2. The van der Waals surface area contributed by atoms with Crippen LogP contribution in [-0.2, 0) is 19.1 Å². The first-order chi connectivity index (χ1) is 24.8. The minimum atomic E-state index is -0.0706. The van der Waals surface area contributed by atoms with Gasteiger partial charge in [0, 0.05) is 33.5 Å². The van der Waals surface area contributed by atoms with Gasteiger partial charge >= 0.3 is 11.9 Å². The molecule has 0 radical (unpaired) electrons. The molecule has 0 rings (SSSR count). The fourth-order valence-corrected chi connectivity index (χ4v) is 6.38. The molecular weight excluding hydrogens is 655 g/mol. The number of nitrogens with zero attached hydrogens (tertiary/aromatic N) is 2. The van der Waals surface area contributed by atoms with Crippen LogP contribution in [0.15, 0.2) is 12.2 Å². The summed E-state index contributed by atoms with van der Waals surface area (Å²) >= 11 is 5.39. The van der Waals surface area contributed by atoms with Gasteiger partial charge < -0.3 is 24.6 Å². The van der Waals surface area contributed by atoms with Gasteiger partial charge in [-0.1, -0.05) is 123 Å². The first-order valence-electron chi connectivity index (χ1n) is 21.5. The van der Waals surface area contributed by atoms with E-state index in [-0.39, 0.29) is 18.0 Å². The molecule has 0 fully saturated rings. The molecular formula is C43H83N3O4S. The summed E-state index contributed by atoms with van der Waals surface area (Å²) in [4.78, 5) is 29.2. The van der Waals surface area contributed by atoms with E-state index in [2.05, 4.69) is 37.1 Å². The molecule has 0 heterocycles. The third-order valence-corrected chi connectivity index (χ3v) is 10.1. The number of allylic oxidation sites excluding steroid dienone is 1. The van der Waals surface area contributed by atoms with Crippen LogP contribution in [0.5, 0.6) is 0 Å². The molecule has 0 aliphatic carbocycles. The van der Waals surface area contributed by atoms with E-state index in [4.69, 9.17) is 21.7 Å². The van der Waals surface area contributed by atoms with E-state index in [0.717, 1.165) is 95.5 Å². The molecule has 0 aromatic rings. The Labute approximate surface area is 321 Å². The number of carbonyl (C=O) groups excluding carboxylic acids is 2. The van der Waals surface area contributed by atoms with Crippen LogP contribution in [0.3, 0.4) is 0 Å². The molecule has 300 valence electrons. The Morgan fingerprint density at radius 3 is 1.71 bits per heavy atom. The lowest BCUT2D eigenvalue weighted by Gasteiger charge is -2.23. The van der Waals surface area contributed by atoms with Crippen molar-refractivity contribution in [3.8, 4) is 0 Å². The van der Waals surface area contributed by atoms with Crippen molar-refractivity contribution in [2.75, 3.05) is 46.9 Å². The van der Waals surface area contributed by atoms with Gasteiger partial charge in [0.25, 0.3) is 0 Å². The molecule has 0 aromatic carbocycles. The average molecular weight is 738 g/mol. The third kappa shape index (κ3) is 35.1. The quantitative estimate of drug-likeness (QED) is 0.0292. The predicted octanol–water partition coefficient (Wildman–Crippen LogP) is 11.3. The Morgan fingerprint density at radius 1 is 0.608 bits per heavy atom. The van der Waals surface area contributed by atoms with Crippen molar-refractivity contribution in [3.05, 3.63) is 12.2 Å². The summed E-state index contributed by atoms with van der Waals surface area (Å²) in [5, 5.41) is 4.15. The standard InChI is InChI=1S/C43H83N3O4S/c1-6-9-12-14-15-22-29-39-49-41(47)33-25-18-16-20-27-36-46(38-30-35-44-43(51)45(4)5)37-28-21-17-19-26-34-42(48)50-40(31-23-11-8-3)32-24-13-10-7-2/h22,29,40H,6-21,23-28,30-39H2,1-5H3,(H,44,51)/b29-22-. The first-order valence-corrected chi connectivity index (χ1v) is 21.9. The number of thiocarbonyl (C=S) groups is 1. The van der Waals surface area contributed by atoms with E-state index in [1.807, 2.05) is 25.1 Å². The van der Waals surface area contributed by atoms with E-state index in [1.165, 1.54) is 96.3 Å². The summed E-state index contributed by atoms with van der Waals surface area (Å²) in [5.74, 6) is -0.0598. The summed E-state index contributed by atoms with van der Waals surface area (Å²) in [6.07, 6.45) is 34.3. The lowest BCUT2D eigenvalue weighted by molar-refractivity contribution is -0.150. The van der Waals surface area contributed by atoms with E-state index >= 15 is 0 Å². The number of unbranched alkanes of at least 4 members (excludes halogenated alkanes) is 17. The molecule has 0 amide bonds. The van der Waals surface area contributed by atoms with Crippen molar-refractivity contribution in [2.45, 2.75) is 200 Å². The normalized spacial score (nSPS) is 12.0. The van der Waals surface area contributed by atoms with E-state index < -0.39 is 0 Å². The summed E-state index contributed by atoms with van der Waals surface area (Å²) in [6.45, 7) is 11.3. The second-order valence-electron chi connectivity index (χ2n) is 14.8. The fourth-order valence-electron chi connectivity index (χ4n) is 6.28. The molecule has 1 N–H and O–H groups in total. The fraction of sp³-hybridized carbons (Fsp3) is 0.884. The number of esters is 2. The molecule has 1 unspecified atom stereocenters. The zero-order valence-corrected chi connectivity index (χ0v) is 35.1. The minimum absolute atomic E-state index is 0.0108. The Morgan fingerprint density at radius 2 is 1.10 bits per heavy atom. The van der Waals surface area contributed by atoms with Crippen molar-refractivity contribution in [2.24, 2.45) is 0 Å². The lowest BCUT2D eigenvalue weighted by atomic mass is 10.0. The average Bonchev–Trinajstić information content (AvgIpc) is 3.11. The maximum atomic E-state index is 12.6. The number of hydrogen-bond donors (Lipinski definition) is 1. The van der Waals surface area contributed by atoms with Gasteiger partial charge in [0.05, 0.1) is 0 Å². The largest absolute Gasteiger partial charge is 0.462 e. The van der Waals surface area contributed by atoms with Crippen LogP contribution in [-0.4, -0.2) is 79.8 Å². The number of nitrogens with one attached hydrogen (secondary N) is 1. The van der Waals surface area contributed by atoms with Gasteiger partial charge in [-0.15, -0.1) is 0 Å². The SMILES string of the molecule is CCCCCC/C=C\COC(=O)CCCCCCCN(CCCCCCCC(=O)OC(CCCCC)CCCCCC)CCCNC(=S)N(C)C. The highest BCUT2D eigenvalue weighted by molar-refractivity contribution is 7.80. The van der Waals surface area contributed by atoms with Crippen LogP contribution in [0.2, 0.25) is 0 Å². The molecule has 0 bridgehead atoms. The zero-order valence-electron chi connectivity index (χ0n) is 34.3. The topological polar surface area (TPSA) is 71.1 Å². The molecule has 8 heteroatoms. The van der Waals surface area contributed by atoms with Gasteiger partial charge in [0.1, 0.15) is 12.7 Å². The summed E-state index contributed by atoms with van der Waals surface area (Å²) in [6, 6.07) is 0. The maximum absolute atomic E-state index is 12.6. The summed E-state index contributed by atoms with van der Waals surface area (Å²) in [7, 11) is 3.95. The number of ether oxygens (including phenoxy) is 2. The predicted molar refractivity (Wildman–Crippen MR) is 222 cm³/mol. The molecule has 0 aliphatic rings. The highest BCUT2D eigenvalue weighted by Gasteiger charge is 2.14. The van der Waals surface area contributed by atoms with Gasteiger partial charge in [0.15, 0.2) is 5.11 Å². The van der Waals surface area contributed by atoms with Crippen LogP contribution in [0, 0.1) is 0 Å². The van der Waals surface area contributed by atoms with E-state index in [9.17, 15) is 9.59 Å². The molecule has 0 saturated carbocycles. The molecule has 0 spiro atoms. The van der Waals surface area contributed by atoms with Crippen molar-refractivity contribution in [1.82, 2.24) is 15.1 Å². The van der Waals surface area contributed by atoms with Crippen LogP contribution >= 0.6 is 12.2 Å². The van der Waals surface area contributed by atoms with Crippen LogP contribution < -0.4 is 5.32 Å². The lowest BCUT2D eigenvalue weighted by Crippen LogP contribution is -2.36. The van der Waals surface area contributed by atoms with Gasteiger partial charge in [-0.05, 0) is 102 Å². The van der Waals surface area contributed by atoms with Crippen molar-refractivity contribution in [3.63, 3.8) is 0 Å². The van der Waals surface area contributed by atoms with Crippen LogP contribution in [0.1, 0.15) is 194 Å². The Bertz CT molecular complexity index is 838. The van der Waals surface area contributed by atoms with Gasteiger partial charge in [-0.2, -0.15) is 0 Å². The van der Waals surface area contributed by atoms with Gasteiger partial charge in [-0.3, -0.25) is 9.59 Å². The van der Waals surface area contributed by atoms with Gasteiger partial charge in [0.2, 0.25) is 0 Å². The number of hydrogen-bond acceptors (Lipinski definition) is 6. The second kappa shape index (κ2) is 38.1. The number of rotatable bonds is 37. The van der Waals surface area contributed by atoms with E-state index in [1.54, 1.807) is 0 Å². The van der Waals surface area contributed by atoms with E-state index in [0.29, 0.717) is 19.4 Å². The molecule has 51 heavy (non-hydrogen) atoms. The summed E-state index contributed by atoms with van der Waals surface area (Å²) in [5.41, 5.74) is 0. The monoisotopic (exact) mass is 738 g/mol. The smallest absolute Gasteiger partial charge is 0.306 e. The Balaban J connectivity index is 4.28. The molecule has 7 nitrogen and oxygen atoms in total. The highest BCUT2D eigenvalue weighted by Crippen LogP contribution is 2.17. The highest BCUT2D eigenvalue weighted by atomic mass is 32.1. The number of carbonyl (C=O) groups is 2. The van der Waals surface area contributed by atoms with Gasteiger partial charge in [-0.25, -0.2) is 0 Å². The summed E-state index contributed by atoms with van der Waals surface area (Å²) < 4.78 is 11.3. The zero-order chi connectivity index (χ0) is 37.6. The first kappa shape index (κ1) is 49.3. The van der Waals surface area contributed by atoms with Crippen molar-refractivity contribution < 1.29 is 19.1 Å². The maximum Gasteiger partial charge on any atom is 0.306 e. The Hall–Kier alpha value is -1.67. The molecule has 0 aromatic heterocycles. The van der Waals surface area contributed by atoms with Crippen LogP contribution in [0.4, 0.5) is 0 Å². The van der Waals surface area contributed by atoms with Crippen molar-refractivity contribution in [1.29, 1.82) is 0 Å².